The first-order chi connectivity index (χ1) is 6.15. The topological polar surface area (TPSA) is 49.9 Å². The van der Waals surface area contributed by atoms with E-state index in [-0.39, 0.29) is 11.7 Å². The molecule has 1 aromatic carbocycles. The van der Waals surface area contributed by atoms with Crippen molar-refractivity contribution in [1.82, 2.24) is 0 Å². The molecule has 70 valence electrons. The van der Waals surface area contributed by atoms with Gasteiger partial charge in [0.1, 0.15) is 11.7 Å². The summed E-state index contributed by atoms with van der Waals surface area (Å²) in [6.07, 6.45) is 0. The maximum Gasteiger partial charge on any atom is 0.137 e. The van der Waals surface area contributed by atoms with Crippen LogP contribution in [0.25, 0.3) is 0 Å². The molecule has 0 spiro atoms. The number of nitrogen functional groups attached to an aromatic ring is 1. The monoisotopic (exact) mass is 198 g/mol. The third kappa shape index (κ3) is 2.45. The lowest BCUT2D eigenvalue weighted by molar-refractivity contribution is 0.601. The lowest BCUT2D eigenvalue weighted by Gasteiger charge is -2.02. The lowest BCUT2D eigenvalue weighted by atomic mass is 10.2. The molecule has 0 aliphatic heterocycles. The van der Waals surface area contributed by atoms with Crippen LogP contribution in [0.1, 0.15) is 12.5 Å². The largest absolute Gasteiger partial charge is 0.384 e. The van der Waals surface area contributed by atoms with Crippen molar-refractivity contribution in [2.75, 3.05) is 5.75 Å². The highest BCUT2D eigenvalue weighted by Crippen LogP contribution is 2.21. The molecular formula is C9H11FN2S. The van der Waals surface area contributed by atoms with Crippen LogP contribution in [-0.2, 0) is 0 Å². The third-order valence-electron chi connectivity index (χ3n) is 1.54. The van der Waals surface area contributed by atoms with E-state index in [1.54, 1.807) is 12.1 Å². The summed E-state index contributed by atoms with van der Waals surface area (Å²) < 4.78 is 13.2. The molecule has 0 heterocycles. The van der Waals surface area contributed by atoms with Crippen molar-refractivity contribution in [2.24, 2.45) is 5.73 Å². The second-order valence-corrected chi connectivity index (χ2v) is 3.80. The minimum absolute atomic E-state index is 0.105. The fraction of sp³-hybridized carbons (Fsp3) is 0.222. The van der Waals surface area contributed by atoms with Crippen molar-refractivity contribution in [2.45, 2.75) is 11.8 Å². The van der Waals surface area contributed by atoms with Crippen LogP contribution in [0, 0.1) is 11.2 Å². The fourth-order valence-corrected chi connectivity index (χ4v) is 1.61. The van der Waals surface area contributed by atoms with E-state index in [0.29, 0.717) is 10.5 Å². The van der Waals surface area contributed by atoms with Gasteiger partial charge in [0.2, 0.25) is 0 Å². The van der Waals surface area contributed by atoms with Crippen LogP contribution in [0.3, 0.4) is 0 Å². The van der Waals surface area contributed by atoms with Crippen molar-refractivity contribution in [3.8, 4) is 0 Å². The SMILES string of the molecule is CCSc1ccc(C(=N)N)cc1F. The van der Waals surface area contributed by atoms with E-state index in [0.717, 1.165) is 5.75 Å². The Morgan fingerprint density at radius 1 is 1.62 bits per heavy atom. The van der Waals surface area contributed by atoms with Gasteiger partial charge in [-0.15, -0.1) is 11.8 Å². The number of rotatable bonds is 3. The van der Waals surface area contributed by atoms with Gasteiger partial charge < -0.3 is 5.73 Å². The van der Waals surface area contributed by atoms with Gasteiger partial charge in [-0.25, -0.2) is 4.39 Å². The number of thioether (sulfide) groups is 1. The number of nitrogens with one attached hydrogen (secondary N) is 1. The summed E-state index contributed by atoms with van der Waals surface area (Å²) in [5.74, 6) is 0.419. The van der Waals surface area contributed by atoms with E-state index in [1.807, 2.05) is 6.92 Å². The molecule has 2 nitrogen and oxygen atoms in total. The Kier molecular flexibility index (Phi) is 3.31. The first kappa shape index (κ1) is 10.1. The highest BCUT2D eigenvalue weighted by Gasteiger charge is 2.04. The predicted octanol–water partition coefficient (Wildman–Crippen LogP) is 2.22. The van der Waals surface area contributed by atoms with Gasteiger partial charge >= 0.3 is 0 Å². The van der Waals surface area contributed by atoms with E-state index in [9.17, 15) is 4.39 Å². The van der Waals surface area contributed by atoms with Crippen molar-refractivity contribution >= 4 is 17.6 Å². The van der Waals surface area contributed by atoms with Gasteiger partial charge in [0.15, 0.2) is 0 Å². The molecule has 4 heteroatoms. The van der Waals surface area contributed by atoms with Crippen LogP contribution in [0.4, 0.5) is 4.39 Å². The molecule has 13 heavy (non-hydrogen) atoms. The Balaban J connectivity index is 2.98. The zero-order valence-electron chi connectivity index (χ0n) is 7.30. The van der Waals surface area contributed by atoms with Crippen molar-refractivity contribution in [3.05, 3.63) is 29.6 Å². The Bertz CT molecular complexity index is 325. The standard InChI is InChI=1S/C9H11FN2S/c1-2-13-8-4-3-6(9(11)12)5-7(8)10/h3-5H,2H2,1H3,(H3,11,12). The first-order valence-electron chi connectivity index (χ1n) is 3.92. The molecule has 0 unspecified atom stereocenters. The summed E-state index contributed by atoms with van der Waals surface area (Å²) in [5.41, 5.74) is 5.65. The van der Waals surface area contributed by atoms with Crippen LogP contribution < -0.4 is 5.73 Å². The quantitative estimate of drug-likeness (QED) is 0.444. The second-order valence-electron chi connectivity index (χ2n) is 2.49. The molecule has 0 fully saturated rings. The predicted molar refractivity (Wildman–Crippen MR) is 53.8 cm³/mol. The molecule has 0 bridgehead atoms. The van der Waals surface area contributed by atoms with Crippen LogP contribution >= 0.6 is 11.8 Å². The Morgan fingerprint density at radius 2 is 2.31 bits per heavy atom. The van der Waals surface area contributed by atoms with Crippen LogP contribution in [-0.4, -0.2) is 11.6 Å². The summed E-state index contributed by atoms with van der Waals surface area (Å²) in [4.78, 5) is 0.604. The molecule has 0 saturated carbocycles. The Labute approximate surface area is 80.8 Å². The molecule has 1 aromatic rings. The van der Waals surface area contributed by atoms with Crippen molar-refractivity contribution < 1.29 is 4.39 Å². The van der Waals surface area contributed by atoms with E-state index < -0.39 is 0 Å². The average molecular weight is 198 g/mol. The number of benzene rings is 1. The zero-order valence-corrected chi connectivity index (χ0v) is 8.12. The number of hydrogen-bond acceptors (Lipinski definition) is 2. The summed E-state index contributed by atoms with van der Waals surface area (Å²) in [5, 5.41) is 7.11. The molecule has 0 radical (unpaired) electrons. The molecular weight excluding hydrogens is 187 g/mol. The second kappa shape index (κ2) is 4.28. The van der Waals surface area contributed by atoms with Crippen LogP contribution in [0.15, 0.2) is 23.1 Å². The van der Waals surface area contributed by atoms with Gasteiger partial charge in [0.25, 0.3) is 0 Å². The highest BCUT2D eigenvalue weighted by atomic mass is 32.2. The molecule has 0 amide bonds. The summed E-state index contributed by atoms with van der Waals surface area (Å²) in [7, 11) is 0. The molecule has 0 saturated heterocycles. The molecule has 1 rings (SSSR count). The zero-order chi connectivity index (χ0) is 9.84. The first-order valence-corrected chi connectivity index (χ1v) is 4.90. The number of amidine groups is 1. The van der Waals surface area contributed by atoms with Crippen molar-refractivity contribution in [1.29, 1.82) is 5.41 Å². The van der Waals surface area contributed by atoms with Gasteiger partial charge in [-0.1, -0.05) is 6.92 Å². The maximum absolute atomic E-state index is 13.2. The normalized spacial score (nSPS) is 10.0. The van der Waals surface area contributed by atoms with E-state index in [1.165, 1.54) is 17.8 Å². The van der Waals surface area contributed by atoms with Gasteiger partial charge in [-0.2, -0.15) is 0 Å². The number of halogens is 1. The van der Waals surface area contributed by atoms with Gasteiger partial charge in [-0.3, -0.25) is 5.41 Å². The molecule has 0 aliphatic carbocycles. The Morgan fingerprint density at radius 3 is 2.77 bits per heavy atom. The summed E-state index contributed by atoms with van der Waals surface area (Å²) in [6, 6.07) is 4.60. The number of nitrogens with two attached hydrogens (primary N) is 1. The lowest BCUT2D eigenvalue weighted by Crippen LogP contribution is -2.11. The van der Waals surface area contributed by atoms with Gasteiger partial charge in [0, 0.05) is 10.5 Å². The van der Waals surface area contributed by atoms with E-state index in [2.05, 4.69) is 0 Å². The Hall–Kier alpha value is -1.03. The smallest absolute Gasteiger partial charge is 0.137 e. The fourth-order valence-electron chi connectivity index (χ4n) is 0.941. The van der Waals surface area contributed by atoms with E-state index >= 15 is 0 Å². The molecule has 3 N–H and O–H groups in total. The van der Waals surface area contributed by atoms with Gasteiger partial charge in [0.05, 0.1) is 0 Å². The van der Waals surface area contributed by atoms with Crippen molar-refractivity contribution in [3.63, 3.8) is 0 Å². The molecule has 0 atom stereocenters. The molecule has 0 aliphatic rings. The van der Waals surface area contributed by atoms with Gasteiger partial charge in [-0.05, 0) is 24.0 Å². The summed E-state index contributed by atoms with van der Waals surface area (Å²) in [6.45, 7) is 1.96. The van der Waals surface area contributed by atoms with E-state index in [4.69, 9.17) is 11.1 Å². The minimum Gasteiger partial charge on any atom is -0.384 e. The molecule has 0 aromatic heterocycles. The average Bonchev–Trinajstić information content (AvgIpc) is 2.08. The van der Waals surface area contributed by atoms with Crippen LogP contribution in [0.2, 0.25) is 0 Å². The maximum atomic E-state index is 13.2. The summed E-state index contributed by atoms with van der Waals surface area (Å²) >= 11 is 1.44. The minimum atomic E-state index is -0.306. The number of hydrogen-bond donors (Lipinski definition) is 2. The van der Waals surface area contributed by atoms with Crippen LogP contribution in [0.5, 0.6) is 0 Å². The third-order valence-corrected chi connectivity index (χ3v) is 2.47. The highest BCUT2D eigenvalue weighted by molar-refractivity contribution is 7.99.